The van der Waals surface area contributed by atoms with Crippen LogP contribution in [0, 0.1) is 13.8 Å². The Morgan fingerprint density at radius 3 is 2.59 bits per heavy atom. The number of carbonyl (C=O) groups is 1. The number of carbonyl (C=O) groups excluding carboxylic acids is 1. The van der Waals surface area contributed by atoms with Crippen LogP contribution in [-0.2, 0) is 0 Å². The molecule has 1 fully saturated rings. The normalized spacial score (nSPS) is 17.0. The molecule has 0 aliphatic carbocycles. The van der Waals surface area contributed by atoms with Crippen LogP contribution in [0.2, 0.25) is 0 Å². The zero-order valence-corrected chi connectivity index (χ0v) is 16.8. The van der Waals surface area contributed by atoms with Gasteiger partial charge in [0.15, 0.2) is 11.5 Å². The maximum absolute atomic E-state index is 12.4. The lowest BCUT2D eigenvalue weighted by Crippen LogP contribution is -2.52. The molecule has 0 bridgehead atoms. The van der Waals surface area contributed by atoms with Gasteiger partial charge >= 0.3 is 0 Å². The van der Waals surface area contributed by atoms with Gasteiger partial charge in [-0.1, -0.05) is 24.2 Å². The fraction of sp³-hybridized carbons (Fsp3) is 0.524. The quantitative estimate of drug-likeness (QED) is 0.847. The molecule has 1 atom stereocenters. The van der Waals surface area contributed by atoms with Crippen LogP contribution in [0.4, 0.5) is 0 Å². The topological polar surface area (TPSA) is 61.6 Å². The summed E-state index contributed by atoms with van der Waals surface area (Å²) in [5.41, 5.74) is 3.68. The van der Waals surface area contributed by atoms with Gasteiger partial charge in [-0.15, -0.1) is 0 Å². The van der Waals surface area contributed by atoms with Crippen molar-refractivity contribution in [3.63, 3.8) is 0 Å². The molecule has 0 saturated carbocycles. The van der Waals surface area contributed by atoms with Crippen molar-refractivity contribution in [3.05, 3.63) is 41.1 Å². The Balaban J connectivity index is 1.54. The van der Waals surface area contributed by atoms with Crippen LogP contribution in [0.25, 0.3) is 11.3 Å². The Morgan fingerprint density at radius 2 is 1.93 bits per heavy atom. The zero-order valence-electron chi connectivity index (χ0n) is 16.8. The van der Waals surface area contributed by atoms with Crippen molar-refractivity contribution in [2.24, 2.45) is 0 Å². The number of amides is 1. The number of nitrogens with zero attached hydrogens (tertiary/aromatic N) is 3. The Hall–Kier alpha value is -2.18. The molecule has 1 aliphatic rings. The number of aryl methyl sites for hydroxylation is 2. The van der Waals surface area contributed by atoms with Crippen molar-refractivity contribution >= 4 is 5.91 Å². The fourth-order valence-electron chi connectivity index (χ4n) is 3.39. The standard InChI is InChI=1S/C21H30N4O2/c1-5-24-8-10-25(11-9-24)17(4)14-22-21(26)19-13-20(27-23-19)18-7-6-15(2)16(3)12-18/h6-7,12-13,17H,5,8-11,14H2,1-4H3,(H,22,26)/t17-/m1/s1. The first-order valence-corrected chi connectivity index (χ1v) is 9.77. The predicted molar refractivity (Wildman–Crippen MR) is 107 cm³/mol. The van der Waals surface area contributed by atoms with Crippen molar-refractivity contribution in [2.45, 2.75) is 33.7 Å². The molecule has 0 radical (unpaired) electrons. The molecule has 146 valence electrons. The van der Waals surface area contributed by atoms with Crippen LogP contribution in [-0.4, -0.2) is 66.2 Å². The van der Waals surface area contributed by atoms with Gasteiger partial charge in [0.2, 0.25) is 0 Å². The third kappa shape index (κ3) is 4.76. The molecule has 6 heteroatoms. The van der Waals surface area contributed by atoms with Crippen molar-refractivity contribution < 1.29 is 9.32 Å². The number of aromatic nitrogens is 1. The third-order valence-electron chi connectivity index (χ3n) is 5.57. The van der Waals surface area contributed by atoms with Crippen molar-refractivity contribution in [1.29, 1.82) is 0 Å². The highest BCUT2D eigenvalue weighted by atomic mass is 16.5. The summed E-state index contributed by atoms with van der Waals surface area (Å²) in [7, 11) is 0. The molecule has 1 aromatic carbocycles. The lowest BCUT2D eigenvalue weighted by molar-refractivity contribution is 0.0876. The van der Waals surface area contributed by atoms with Gasteiger partial charge in [0.25, 0.3) is 5.91 Å². The van der Waals surface area contributed by atoms with Gasteiger partial charge in [-0.2, -0.15) is 0 Å². The lowest BCUT2D eigenvalue weighted by atomic mass is 10.0. The summed E-state index contributed by atoms with van der Waals surface area (Å²) in [4.78, 5) is 17.3. The number of benzene rings is 1. The van der Waals surface area contributed by atoms with Crippen LogP contribution in [0.5, 0.6) is 0 Å². The molecule has 6 nitrogen and oxygen atoms in total. The summed E-state index contributed by atoms with van der Waals surface area (Å²) in [6, 6.07) is 8.11. The molecule has 1 aliphatic heterocycles. The van der Waals surface area contributed by atoms with Gasteiger partial charge in [0.05, 0.1) is 0 Å². The van der Waals surface area contributed by atoms with Crippen LogP contribution in [0.3, 0.4) is 0 Å². The first kappa shape index (κ1) is 19.6. The van der Waals surface area contributed by atoms with E-state index in [9.17, 15) is 4.79 Å². The molecule has 0 unspecified atom stereocenters. The molecule has 0 spiro atoms. The van der Waals surface area contributed by atoms with Crippen molar-refractivity contribution in [3.8, 4) is 11.3 Å². The maximum atomic E-state index is 12.4. The van der Waals surface area contributed by atoms with E-state index in [1.54, 1.807) is 6.07 Å². The number of hydrogen-bond acceptors (Lipinski definition) is 5. The minimum atomic E-state index is -0.187. The smallest absolute Gasteiger partial charge is 0.273 e. The molecule has 2 aromatic rings. The average Bonchev–Trinajstić information content (AvgIpc) is 3.18. The van der Waals surface area contributed by atoms with Crippen LogP contribution >= 0.6 is 0 Å². The summed E-state index contributed by atoms with van der Waals surface area (Å²) < 4.78 is 5.39. The molecule has 1 aromatic heterocycles. The minimum Gasteiger partial charge on any atom is -0.355 e. The second kappa shape index (κ2) is 8.67. The Kier molecular flexibility index (Phi) is 6.29. The van der Waals surface area contributed by atoms with E-state index in [0.29, 0.717) is 24.0 Å². The SMILES string of the molecule is CCN1CCN([C@H](C)CNC(=O)c2cc(-c3ccc(C)c(C)c3)on2)CC1. The highest BCUT2D eigenvalue weighted by molar-refractivity contribution is 5.93. The maximum Gasteiger partial charge on any atom is 0.273 e. The highest BCUT2D eigenvalue weighted by Gasteiger charge is 2.21. The van der Waals surface area contributed by atoms with E-state index in [-0.39, 0.29) is 5.91 Å². The summed E-state index contributed by atoms with van der Waals surface area (Å²) >= 11 is 0. The van der Waals surface area contributed by atoms with Crippen LogP contribution in [0.1, 0.15) is 35.5 Å². The van der Waals surface area contributed by atoms with Gasteiger partial charge in [-0.05, 0) is 44.5 Å². The van der Waals surface area contributed by atoms with Gasteiger partial charge in [-0.25, -0.2) is 0 Å². The van der Waals surface area contributed by atoms with E-state index in [0.717, 1.165) is 38.3 Å². The van der Waals surface area contributed by atoms with E-state index in [2.05, 4.69) is 54.0 Å². The molecular weight excluding hydrogens is 340 g/mol. The number of hydrogen-bond donors (Lipinski definition) is 1. The van der Waals surface area contributed by atoms with E-state index >= 15 is 0 Å². The van der Waals surface area contributed by atoms with Gasteiger partial charge < -0.3 is 14.7 Å². The molecule has 2 heterocycles. The summed E-state index contributed by atoms with van der Waals surface area (Å²) in [6.45, 7) is 14.5. The van der Waals surface area contributed by atoms with Crippen molar-refractivity contribution in [1.82, 2.24) is 20.3 Å². The zero-order chi connectivity index (χ0) is 19.4. The number of piperazine rings is 1. The van der Waals surface area contributed by atoms with E-state index < -0.39 is 0 Å². The highest BCUT2D eigenvalue weighted by Crippen LogP contribution is 2.23. The van der Waals surface area contributed by atoms with Crippen LogP contribution < -0.4 is 5.32 Å². The summed E-state index contributed by atoms with van der Waals surface area (Å²) in [6.07, 6.45) is 0. The molecule has 1 N–H and O–H groups in total. The van der Waals surface area contributed by atoms with E-state index in [4.69, 9.17) is 4.52 Å². The Bertz CT molecular complexity index is 778. The number of rotatable bonds is 6. The first-order chi connectivity index (χ1) is 13.0. The van der Waals surface area contributed by atoms with Gasteiger partial charge in [-0.3, -0.25) is 9.69 Å². The van der Waals surface area contributed by atoms with Crippen LogP contribution in [0.15, 0.2) is 28.8 Å². The average molecular weight is 370 g/mol. The van der Waals surface area contributed by atoms with E-state index in [1.165, 1.54) is 11.1 Å². The predicted octanol–water partition coefficient (Wildman–Crippen LogP) is 2.71. The lowest BCUT2D eigenvalue weighted by Gasteiger charge is -2.37. The first-order valence-electron chi connectivity index (χ1n) is 9.77. The second-order valence-corrected chi connectivity index (χ2v) is 7.40. The monoisotopic (exact) mass is 370 g/mol. The molecule has 1 saturated heterocycles. The molecule has 27 heavy (non-hydrogen) atoms. The number of nitrogens with one attached hydrogen (secondary N) is 1. The largest absolute Gasteiger partial charge is 0.355 e. The van der Waals surface area contributed by atoms with Gasteiger partial charge in [0, 0.05) is 50.4 Å². The second-order valence-electron chi connectivity index (χ2n) is 7.40. The molecule has 3 rings (SSSR count). The Labute approximate surface area is 161 Å². The fourth-order valence-corrected chi connectivity index (χ4v) is 3.39. The number of likely N-dealkylation sites (N-methyl/N-ethyl adjacent to an activating group) is 1. The molecule has 1 amide bonds. The van der Waals surface area contributed by atoms with Gasteiger partial charge in [0.1, 0.15) is 0 Å². The van der Waals surface area contributed by atoms with Crippen molar-refractivity contribution in [2.75, 3.05) is 39.3 Å². The minimum absolute atomic E-state index is 0.187. The molecular formula is C21H30N4O2. The van der Waals surface area contributed by atoms with E-state index in [1.807, 2.05) is 12.1 Å². The Morgan fingerprint density at radius 1 is 1.19 bits per heavy atom. The summed E-state index contributed by atoms with van der Waals surface area (Å²) in [5, 5.41) is 6.94. The third-order valence-corrected chi connectivity index (χ3v) is 5.57. The summed E-state index contributed by atoms with van der Waals surface area (Å²) in [5.74, 6) is 0.430.